The minimum absolute atomic E-state index is 0. The van der Waals surface area contributed by atoms with E-state index in [1.807, 2.05) is 12.1 Å². The summed E-state index contributed by atoms with van der Waals surface area (Å²) in [6.07, 6.45) is 5.52. The molecular formula is C78H70Cl2Cu2P6+2. The SMILES string of the molecule is ClC(Cl)(CP(c1ccccc1)c1ccccc1)P(c1ccccc1)c1ccccc1.[Cu+].[Cu+].c1ccc(P(CCP(c2ccccc2)c2ccccc2)c2ccccc2)cc1.c1ccc(P(CCP(c2ccccc2)c2ccccc2)c2ccccc2)cc1. The molecule has 0 saturated carbocycles. The van der Waals surface area contributed by atoms with Gasteiger partial charge in [0, 0.05) is 6.16 Å². The average molecular weight is 1390 g/mol. The van der Waals surface area contributed by atoms with Gasteiger partial charge in [-0.25, -0.2) is 0 Å². The van der Waals surface area contributed by atoms with Crippen molar-refractivity contribution in [3.63, 3.8) is 0 Å². The molecule has 0 bridgehead atoms. The van der Waals surface area contributed by atoms with Crippen LogP contribution in [0.15, 0.2) is 364 Å². The minimum Gasteiger partial charge on any atom is -0.0954 e. The van der Waals surface area contributed by atoms with Crippen molar-refractivity contribution in [1.29, 1.82) is 0 Å². The summed E-state index contributed by atoms with van der Waals surface area (Å²) in [4.78, 5) is 0. The zero-order valence-corrected chi connectivity index (χ0v) is 57.5. The van der Waals surface area contributed by atoms with Gasteiger partial charge in [-0.15, -0.1) is 0 Å². The average Bonchev–Trinajstić information content (AvgIpc) is 2.40. The zero-order valence-electron chi connectivity index (χ0n) is 48.7. The van der Waals surface area contributed by atoms with E-state index in [4.69, 9.17) is 23.2 Å². The first-order valence-corrected chi connectivity index (χ1v) is 38.9. The molecule has 0 aliphatic carbocycles. The molecule has 0 nitrogen and oxygen atoms in total. The van der Waals surface area contributed by atoms with E-state index in [1.54, 1.807) is 0 Å². The Morgan fingerprint density at radius 3 is 0.455 bits per heavy atom. The molecule has 88 heavy (non-hydrogen) atoms. The molecule has 0 amide bonds. The maximum absolute atomic E-state index is 7.28. The Kier molecular flexibility index (Phi) is 29.1. The summed E-state index contributed by atoms with van der Waals surface area (Å²) in [5, 5.41) is 16.7. The van der Waals surface area contributed by atoms with Crippen LogP contribution in [0, 0.1) is 0 Å². The van der Waals surface area contributed by atoms with Crippen LogP contribution < -0.4 is 63.7 Å². The van der Waals surface area contributed by atoms with Crippen LogP contribution >= 0.6 is 70.7 Å². The largest absolute Gasteiger partial charge is 1.00 e. The van der Waals surface area contributed by atoms with Crippen LogP contribution in [-0.4, -0.2) is 34.9 Å². The smallest absolute Gasteiger partial charge is 0.0954 e. The third-order valence-electron chi connectivity index (χ3n) is 14.5. The van der Waals surface area contributed by atoms with Crippen LogP contribution in [-0.2, 0) is 34.1 Å². The molecule has 12 aromatic rings. The fourth-order valence-corrected chi connectivity index (χ4v) is 28.1. The van der Waals surface area contributed by atoms with Crippen LogP contribution in [0.2, 0.25) is 0 Å². The van der Waals surface area contributed by atoms with Gasteiger partial charge in [-0.1, -0.05) is 387 Å². The summed E-state index contributed by atoms with van der Waals surface area (Å²) in [6, 6.07) is 131. The van der Waals surface area contributed by atoms with Crippen LogP contribution in [0.3, 0.4) is 0 Å². The molecular weight excluding hydrogens is 1320 g/mol. The van der Waals surface area contributed by atoms with Crippen molar-refractivity contribution < 1.29 is 34.1 Å². The van der Waals surface area contributed by atoms with E-state index in [-0.39, 0.29) is 65.8 Å². The molecule has 0 heterocycles. The summed E-state index contributed by atoms with van der Waals surface area (Å²) in [5.41, 5.74) is 0. The van der Waals surface area contributed by atoms with E-state index in [0.29, 0.717) is 6.16 Å². The monoisotopic (exact) mass is 1390 g/mol. The standard InChI is InChI=1S/C26H22Cl2P2.2C26H24P2.2Cu/c27-26(28,30(24-17-9-3-10-18-24)25-19-11-4-12-20-25)21-29(22-13-5-1-6-14-22)23-15-7-2-8-16-23;2*1-5-13-23(14-6-1)27(24-15-7-2-8-16-24)21-22-28(25-17-9-3-10-18-25)26-19-11-4-12-20-26;;/h1-20H,21H2;2*1-20H,21-22H2;;/q;;;2*+1. The van der Waals surface area contributed by atoms with Crippen LogP contribution in [0.1, 0.15) is 0 Å². The third-order valence-corrected chi connectivity index (χ3v) is 32.2. The van der Waals surface area contributed by atoms with Gasteiger partial charge in [0.1, 0.15) is 4.07 Å². The summed E-state index contributed by atoms with van der Waals surface area (Å²) < 4.78 is -0.907. The van der Waals surface area contributed by atoms with E-state index >= 15 is 0 Å². The maximum Gasteiger partial charge on any atom is 1.00 e. The van der Waals surface area contributed by atoms with Gasteiger partial charge in [0.25, 0.3) is 0 Å². The first-order valence-electron chi connectivity index (χ1n) is 29.1. The predicted octanol–water partition coefficient (Wildman–Crippen LogP) is 16.9. The van der Waals surface area contributed by atoms with Gasteiger partial charge in [0.05, 0.1) is 0 Å². The summed E-state index contributed by atoms with van der Waals surface area (Å²) in [6.45, 7) is 0. The van der Waals surface area contributed by atoms with Crippen LogP contribution in [0.5, 0.6) is 0 Å². The Hall–Kier alpha value is -5.16. The number of hydrogen-bond donors (Lipinski definition) is 0. The molecule has 12 aromatic carbocycles. The van der Waals surface area contributed by atoms with E-state index in [1.165, 1.54) is 88.3 Å². The fraction of sp³-hybridized carbons (Fsp3) is 0.0769. The second-order valence-electron chi connectivity index (χ2n) is 20.2. The second kappa shape index (κ2) is 37.2. The van der Waals surface area contributed by atoms with Crippen molar-refractivity contribution in [2.24, 2.45) is 0 Å². The van der Waals surface area contributed by atoms with Gasteiger partial charge in [0.2, 0.25) is 0 Å². The molecule has 0 N–H and O–H groups in total. The van der Waals surface area contributed by atoms with Crippen molar-refractivity contribution in [2.75, 3.05) is 30.8 Å². The Labute approximate surface area is 562 Å². The zero-order chi connectivity index (χ0) is 58.9. The molecule has 0 saturated heterocycles. The van der Waals surface area contributed by atoms with E-state index in [9.17, 15) is 0 Å². The Balaban J connectivity index is 0.000000169. The Morgan fingerprint density at radius 2 is 0.307 bits per heavy atom. The minimum atomic E-state index is -0.960. The molecule has 0 radical (unpaired) electrons. The number of benzene rings is 12. The molecule has 0 unspecified atom stereocenters. The molecule has 0 atom stereocenters. The number of alkyl halides is 2. The summed E-state index contributed by atoms with van der Waals surface area (Å²) >= 11 is 14.6. The van der Waals surface area contributed by atoms with E-state index in [2.05, 4.69) is 352 Å². The van der Waals surface area contributed by atoms with Crippen molar-refractivity contribution in [2.45, 2.75) is 4.07 Å². The van der Waals surface area contributed by atoms with E-state index in [0.717, 1.165) is 0 Å². The number of hydrogen-bond acceptors (Lipinski definition) is 0. The van der Waals surface area contributed by atoms with Crippen LogP contribution in [0.25, 0.3) is 0 Å². The molecule has 0 aliphatic rings. The molecule has 0 aromatic heterocycles. The molecule has 12 rings (SSSR count). The van der Waals surface area contributed by atoms with Crippen molar-refractivity contribution in [3.05, 3.63) is 364 Å². The second-order valence-corrected chi connectivity index (χ2v) is 36.2. The van der Waals surface area contributed by atoms with E-state index < -0.39 is 19.9 Å². The number of halogens is 2. The predicted molar refractivity (Wildman–Crippen MR) is 393 cm³/mol. The molecule has 446 valence electrons. The topological polar surface area (TPSA) is 0 Å². The van der Waals surface area contributed by atoms with Crippen molar-refractivity contribution in [3.8, 4) is 0 Å². The first kappa shape index (κ1) is 68.7. The summed E-state index contributed by atoms with van der Waals surface area (Å²) in [5.74, 6) is 0. The normalized spacial score (nSPS) is 11.0. The maximum atomic E-state index is 7.28. The van der Waals surface area contributed by atoms with Gasteiger partial charge in [-0.3, -0.25) is 0 Å². The Morgan fingerprint density at radius 1 is 0.182 bits per heavy atom. The summed E-state index contributed by atoms with van der Waals surface area (Å²) in [7, 11) is -3.05. The fourth-order valence-electron chi connectivity index (χ4n) is 10.4. The molecule has 0 spiro atoms. The molecule has 10 heteroatoms. The Bertz CT molecular complexity index is 3200. The van der Waals surface area contributed by atoms with Gasteiger partial charge in [0.15, 0.2) is 0 Å². The van der Waals surface area contributed by atoms with Crippen molar-refractivity contribution >= 4 is 134 Å². The van der Waals surface area contributed by atoms with Gasteiger partial charge in [-0.2, -0.15) is 0 Å². The van der Waals surface area contributed by atoms with Gasteiger partial charge < -0.3 is 0 Å². The van der Waals surface area contributed by atoms with Gasteiger partial charge >= 0.3 is 34.1 Å². The quantitative estimate of drug-likeness (QED) is 0.0382. The molecule has 0 aliphatic heterocycles. The number of rotatable bonds is 21. The molecule has 0 fully saturated rings. The third kappa shape index (κ3) is 20.2. The van der Waals surface area contributed by atoms with Crippen LogP contribution in [0.4, 0.5) is 0 Å². The first-order chi connectivity index (χ1) is 42.5. The van der Waals surface area contributed by atoms with Crippen molar-refractivity contribution in [1.82, 2.24) is 0 Å². The van der Waals surface area contributed by atoms with Gasteiger partial charge in [-0.05, 0) is 136 Å².